The second-order valence-corrected chi connectivity index (χ2v) is 7.29. The first-order chi connectivity index (χ1) is 13.9. The summed E-state index contributed by atoms with van der Waals surface area (Å²) in [5, 5.41) is 3.71. The van der Waals surface area contributed by atoms with E-state index in [-0.39, 0.29) is 13.0 Å². The molecule has 2 aromatic carbocycles. The minimum atomic E-state index is -0.751. The minimum absolute atomic E-state index is 0.00935. The molecule has 0 bridgehead atoms. The molecule has 29 heavy (non-hydrogen) atoms. The van der Waals surface area contributed by atoms with Crippen LogP contribution in [0.4, 0.5) is 5.69 Å². The first kappa shape index (κ1) is 20.5. The van der Waals surface area contributed by atoms with Gasteiger partial charge in [0.05, 0.1) is 12.5 Å². The summed E-state index contributed by atoms with van der Waals surface area (Å²) in [5.41, 5.74) is 3.45. The van der Waals surface area contributed by atoms with Gasteiger partial charge >= 0.3 is 5.97 Å². The van der Waals surface area contributed by atoms with Crippen LogP contribution in [0.5, 0.6) is 0 Å². The molecule has 0 aliphatic carbocycles. The molecule has 0 spiro atoms. The molecule has 0 saturated carbocycles. The maximum atomic E-state index is 12.2. The van der Waals surface area contributed by atoms with Crippen LogP contribution < -0.4 is 10.7 Å². The molecule has 0 unspecified atom stereocenters. The van der Waals surface area contributed by atoms with Gasteiger partial charge in [-0.05, 0) is 36.4 Å². The second kappa shape index (κ2) is 9.33. The Morgan fingerprint density at radius 1 is 1.07 bits per heavy atom. The van der Waals surface area contributed by atoms with E-state index in [4.69, 9.17) is 4.74 Å². The number of hydrazine groups is 1. The molecule has 1 fully saturated rings. The first-order valence-electron chi connectivity index (χ1n) is 8.81. The van der Waals surface area contributed by atoms with Crippen molar-refractivity contribution >= 4 is 45.3 Å². The normalized spacial score (nSPS) is 15.7. The quantitative estimate of drug-likeness (QED) is 0.643. The number of carbonyl (C=O) groups is 4. The van der Waals surface area contributed by atoms with E-state index in [1.54, 1.807) is 54.6 Å². The van der Waals surface area contributed by atoms with E-state index in [1.165, 1.54) is 0 Å². The van der Waals surface area contributed by atoms with Crippen LogP contribution in [-0.4, -0.2) is 41.9 Å². The lowest BCUT2D eigenvalue weighted by molar-refractivity contribution is -0.151. The third-order valence-electron chi connectivity index (χ3n) is 4.20. The van der Waals surface area contributed by atoms with Gasteiger partial charge in [0, 0.05) is 22.1 Å². The van der Waals surface area contributed by atoms with Crippen molar-refractivity contribution in [1.82, 2.24) is 10.4 Å². The highest BCUT2D eigenvalue weighted by Gasteiger charge is 2.36. The molecule has 2 N–H and O–H groups in total. The van der Waals surface area contributed by atoms with E-state index >= 15 is 0 Å². The number of nitrogens with one attached hydrogen (secondary N) is 2. The summed E-state index contributed by atoms with van der Waals surface area (Å²) in [7, 11) is 0. The second-order valence-electron chi connectivity index (χ2n) is 6.38. The molecule has 2 aromatic rings. The van der Waals surface area contributed by atoms with Crippen LogP contribution in [0, 0.1) is 5.92 Å². The monoisotopic (exact) mass is 459 g/mol. The van der Waals surface area contributed by atoms with Crippen molar-refractivity contribution in [2.45, 2.75) is 6.42 Å². The fourth-order valence-corrected chi connectivity index (χ4v) is 3.00. The molecule has 3 amide bonds. The first-order valence-corrected chi connectivity index (χ1v) is 9.60. The summed E-state index contributed by atoms with van der Waals surface area (Å²) in [6.07, 6.45) is -0.0950. The summed E-state index contributed by atoms with van der Waals surface area (Å²) >= 11 is 3.30. The van der Waals surface area contributed by atoms with Crippen LogP contribution in [0.25, 0.3) is 0 Å². The van der Waals surface area contributed by atoms with Gasteiger partial charge in [-0.2, -0.15) is 0 Å². The third-order valence-corrected chi connectivity index (χ3v) is 4.73. The Kier molecular flexibility index (Phi) is 6.61. The molecule has 1 saturated heterocycles. The van der Waals surface area contributed by atoms with Crippen LogP contribution in [0.2, 0.25) is 0 Å². The zero-order chi connectivity index (χ0) is 20.8. The third kappa shape index (κ3) is 5.64. The van der Waals surface area contributed by atoms with Crippen molar-refractivity contribution in [3.8, 4) is 0 Å². The lowest BCUT2D eigenvalue weighted by atomic mass is 10.1. The van der Waals surface area contributed by atoms with Crippen LogP contribution in [0.15, 0.2) is 59.1 Å². The molecule has 1 aliphatic heterocycles. The summed E-state index contributed by atoms with van der Waals surface area (Å²) in [6.45, 7) is -0.472. The topological polar surface area (TPSA) is 105 Å². The van der Waals surface area contributed by atoms with Gasteiger partial charge in [0.15, 0.2) is 6.61 Å². The molecule has 1 heterocycles. The molecular weight excluding hydrogens is 442 g/mol. The van der Waals surface area contributed by atoms with E-state index in [9.17, 15) is 19.2 Å². The Morgan fingerprint density at radius 3 is 2.45 bits per heavy atom. The van der Waals surface area contributed by atoms with Gasteiger partial charge in [-0.3, -0.25) is 29.6 Å². The predicted molar refractivity (Wildman–Crippen MR) is 107 cm³/mol. The number of hydrogen-bond acceptors (Lipinski definition) is 5. The molecule has 3 rings (SSSR count). The Bertz CT molecular complexity index is 917. The molecule has 0 radical (unpaired) electrons. The van der Waals surface area contributed by atoms with Gasteiger partial charge in [0.2, 0.25) is 5.91 Å². The Morgan fingerprint density at radius 2 is 1.76 bits per heavy atom. The standard InChI is InChI=1S/C20H18BrN3O5/c21-15-6-8-16(9-7-15)22-17(25)12-29-20(28)14-10-18(26)24(11-14)23-19(27)13-4-2-1-3-5-13/h1-9,14H,10-12H2,(H,22,25)(H,23,27)/t14-/m0/s1. The molecule has 8 nitrogen and oxygen atoms in total. The summed E-state index contributed by atoms with van der Waals surface area (Å²) in [5.74, 6) is -2.74. The number of benzene rings is 2. The Hall–Kier alpha value is -3.20. The zero-order valence-corrected chi connectivity index (χ0v) is 16.8. The van der Waals surface area contributed by atoms with Crippen molar-refractivity contribution in [3.63, 3.8) is 0 Å². The molecular formula is C20H18BrN3O5. The number of anilines is 1. The van der Waals surface area contributed by atoms with E-state index in [2.05, 4.69) is 26.7 Å². The average Bonchev–Trinajstić information content (AvgIpc) is 3.09. The smallest absolute Gasteiger partial charge is 0.311 e. The maximum absolute atomic E-state index is 12.2. The van der Waals surface area contributed by atoms with E-state index in [1.807, 2.05) is 0 Å². The van der Waals surface area contributed by atoms with Crippen molar-refractivity contribution in [1.29, 1.82) is 0 Å². The van der Waals surface area contributed by atoms with Gasteiger partial charge in [-0.25, -0.2) is 0 Å². The lowest BCUT2D eigenvalue weighted by Gasteiger charge is -2.17. The number of ether oxygens (including phenoxy) is 1. The van der Waals surface area contributed by atoms with Crippen molar-refractivity contribution < 1.29 is 23.9 Å². The summed E-state index contributed by atoms with van der Waals surface area (Å²) in [6, 6.07) is 15.4. The highest BCUT2D eigenvalue weighted by molar-refractivity contribution is 9.10. The molecule has 1 aliphatic rings. The highest BCUT2D eigenvalue weighted by atomic mass is 79.9. The zero-order valence-electron chi connectivity index (χ0n) is 15.3. The number of esters is 1. The fourth-order valence-electron chi connectivity index (χ4n) is 2.74. The van der Waals surface area contributed by atoms with Crippen molar-refractivity contribution in [2.75, 3.05) is 18.5 Å². The molecule has 9 heteroatoms. The van der Waals surface area contributed by atoms with Crippen molar-refractivity contribution in [3.05, 3.63) is 64.6 Å². The Labute approximate surface area is 175 Å². The lowest BCUT2D eigenvalue weighted by Crippen LogP contribution is -2.43. The van der Waals surface area contributed by atoms with Gasteiger partial charge in [-0.15, -0.1) is 0 Å². The van der Waals surface area contributed by atoms with Crippen LogP contribution in [0.1, 0.15) is 16.8 Å². The average molecular weight is 460 g/mol. The van der Waals surface area contributed by atoms with Crippen LogP contribution >= 0.6 is 15.9 Å². The SMILES string of the molecule is O=C(COC(=O)[C@H]1CC(=O)N(NC(=O)c2ccccc2)C1)Nc1ccc(Br)cc1. The Balaban J connectivity index is 1.46. The number of nitrogens with zero attached hydrogens (tertiary/aromatic N) is 1. The van der Waals surface area contributed by atoms with Gasteiger partial charge in [0.25, 0.3) is 11.8 Å². The van der Waals surface area contributed by atoms with E-state index in [0.717, 1.165) is 9.48 Å². The van der Waals surface area contributed by atoms with Crippen LogP contribution in [-0.2, 0) is 19.1 Å². The van der Waals surface area contributed by atoms with Crippen molar-refractivity contribution in [2.24, 2.45) is 5.92 Å². The summed E-state index contributed by atoms with van der Waals surface area (Å²) in [4.78, 5) is 48.3. The predicted octanol–water partition coefficient (Wildman–Crippen LogP) is 2.12. The number of rotatable bonds is 6. The number of hydrogen-bond donors (Lipinski definition) is 2. The van der Waals surface area contributed by atoms with Gasteiger partial charge in [0.1, 0.15) is 0 Å². The number of amides is 3. The van der Waals surface area contributed by atoms with Gasteiger partial charge < -0.3 is 10.1 Å². The molecule has 150 valence electrons. The molecule has 1 atom stereocenters. The van der Waals surface area contributed by atoms with Crippen LogP contribution in [0.3, 0.4) is 0 Å². The van der Waals surface area contributed by atoms with E-state index in [0.29, 0.717) is 11.3 Å². The largest absolute Gasteiger partial charge is 0.455 e. The minimum Gasteiger partial charge on any atom is -0.455 e. The summed E-state index contributed by atoms with van der Waals surface area (Å²) < 4.78 is 5.89. The highest BCUT2D eigenvalue weighted by Crippen LogP contribution is 2.18. The fraction of sp³-hybridized carbons (Fsp3) is 0.200. The van der Waals surface area contributed by atoms with Gasteiger partial charge in [-0.1, -0.05) is 34.1 Å². The number of halogens is 1. The number of carbonyl (C=O) groups excluding carboxylic acids is 4. The molecule has 0 aromatic heterocycles. The van der Waals surface area contributed by atoms with E-state index < -0.39 is 36.2 Å². The maximum Gasteiger partial charge on any atom is 0.311 e.